The second-order valence-corrected chi connectivity index (χ2v) is 7.41. The molecule has 0 spiro atoms. The predicted molar refractivity (Wildman–Crippen MR) is 107 cm³/mol. The SMILES string of the molecule is CC(C)(C)c1ccccc1OCCOc1ccc2ccccc2c1C(=O)O. The van der Waals surface area contributed by atoms with Crippen LogP contribution in [-0.2, 0) is 5.41 Å². The van der Waals surface area contributed by atoms with E-state index in [9.17, 15) is 9.90 Å². The number of aromatic carboxylic acids is 1. The van der Waals surface area contributed by atoms with Crippen LogP contribution in [0.1, 0.15) is 36.7 Å². The molecule has 0 aliphatic carbocycles. The Kier molecular flexibility index (Phi) is 5.36. The molecule has 3 rings (SSSR count). The summed E-state index contributed by atoms with van der Waals surface area (Å²) in [7, 11) is 0. The maximum atomic E-state index is 11.7. The Bertz CT molecular complexity index is 954. The molecule has 27 heavy (non-hydrogen) atoms. The summed E-state index contributed by atoms with van der Waals surface area (Å²) in [6.45, 7) is 7.01. The van der Waals surface area contributed by atoms with Gasteiger partial charge in [0.2, 0.25) is 0 Å². The summed E-state index contributed by atoms with van der Waals surface area (Å²) >= 11 is 0. The van der Waals surface area contributed by atoms with Crippen molar-refractivity contribution in [1.29, 1.82) is 0 Å². The van der Waals surface area contributed by atoms with Crippen LogP contribution in [-0.4, -0.2) is 24.3 Å². The number of ether oxygens (including phenoxy) is 2. The maximum absolute atomic E-state index is 11.7. The smallest absolute Gasteiger partial charge is 0.340 e. The lowest BCUT2D eigenvalue weighted by Gasteiger charge is -2.22. The standard InChI is InChI=1S/C23H24O4/c1-23(2,3)18-10-6-7-11-19(18)26-14-15-27-20-13-12-16-8-4-5-9-17(16)21(20)22(24)25/h4-13H,14-15H2,1-3H3,(H,24,25). The van der Waals surface area contributed by atoms with Crippen molar-refractivity contribution in [3.63, 3.8) is 0 Å². The molecular weight excluding hydrogens is 340 g/mol. The van der Waals surface area contributed by atoms with Gasteiger partial charge in [-0.25, -0.2) is 4.79 Å². The van der Waals surface area contributed by atoms with Crippen molar-refractivity contribution in [2.45, 2.75) is 26.2 Å². The fourth-order valence-electron chi connectivity index (χ4n) is 3.11. The van der Waals surface area contributed by atoms with Crippen LogP contribution < -0.4 is 9.47 Å². The van der Waals surface area contributed by atoms with E-state index in [1.165, 1.54) is 0 Å². The van der Waals surface area contributed by atoms with Gasteiger partial charge < -0.3 is 14.6 Å². The monoisotopic (exact) mass is 364 g/mol. The van der Waals surface area contributed by atoms with Crippen molar-refractivity contribution in [1.82, 2.24) is 0 Å². The molecule has 0 saturated carbocycles. The first-order valence-electron chi connectivity index (χ1n) is 8.98. The topological polar surface area (TPSA) is 55.8 Å². The molecule has 0 saturated heterocycles. The van der Waals surface area contributed by atoms with Crippen LogP contribution in [0.2, 0.25) is 0 Å². The third kappa shape index (κ3) is 4.22. The molecule has 3 aromatic rings. The van der Waals surface area contributed by atoms with Gasteiger partial charge in [0.25, 0.3) is 0 Å². The molecule has 0 aliphatic rings. The van der Waals surface area contributed by atoms with Gasteiger partial charge in [-0.15, -0.1) is 0 Å². The van der Waals surface area contributed by atoms with Crippen molar-refractivity contribution in [3.8, 4) is 11.5 Å². The number of benzene rings is 3. The zero-order chi connectivity index (χ0) is 19.4. The van der Waals surface area contributed by atoms with Crippen LogP contribution in [0.25, 0.3) is 10.8 Å². The quantitative estimate of drug-likeness (QED) is 0.604. The van der Waals surface area contributed by atoms with E-state index in [1.807, 2.05) is 42.5 Å². The molecule has 0 radical (unpaired) electrons. The normalized spacial score (nSPS) is 11.4. The molecular formula is C23H24O4. The Labute approximate surface area is 159 Å². The van der Waals surface area contributed by atoms with Crippen molar-refractivity contribution in [2.75, 3.05) is 13.2 Å². The van der Waals surface area contributed by atoms with Crippen LogP contribution in [0.5, 0.6) is 11.5 Å². The first-order chi connectivity index (χ1) is 12.9. The molecule has 3 aromatic carbocycles. The van der Waals surface area contributed by atoms with E-state index in [0.717, 1.165) is 16.7 Å². The zero-order valence-electron chi connectivity index (χ0n) is 15.9. The minimum Gasteiger partial charge on any atom is -0.490 e. The maximum Gasteiger partial charge on any atom is 0.340 e. The molecule has 0 unspecified atom stereocenters. The summed E-state index contributed by atoms with van der Waals surface area (Å²) in [4.78, 5) is 11.7. The van der Waals surface area contributed by atoms with E-state index in [1.54, 1.807) is 12.1 Å². The number of carboxylic acid groups (broad SMARTS) is 1. The summed E-state index contributed by atoms with van der Waals surface area (Å²) in [5.41, 5.74) is 1.29. The van der Waals surface area contributed by atoms with Gasteiger partial charge in [0.15, 0.2) is 0 Å². The Morgan fingerprint density at radius 3 is 2.19 bits per heavy atom. The number of carbonyl (C=O) groups is 1. The largest absolute Gasteiger partial charge is 0.490 e. The Balaban J connectivity index is 1.72. The second kappa shape index (κ2) is 7.70. The third-order valence-electron chi connectivity index (χ3n) is 4.40. The third-order valence-corrected chi connectivity index (χ3v) is 4.40. The lowest BCUT2D eigenvalue weighted by Crippen LogP contribution is -2.16. The highest BCUT2D eigenvalue weighted by atomic mass is 16.5. The Morgan fingerprint density at radius 2 is 1.48 bits per heavy atom. The lowest BCUT2D eigenvalue weighted by molar-refractivity contribution is 0.0693. The number of para-hydroxylation sites is 1. The molecule has 4 heteroatoms. The van der Waals surface area contributed by atoms with Crippen molar-refractivity contribution >= 4 is 16.7 Å². The molecule has 0 fully saturated rings. The predicted octanol–water partition coefficient (Wildman–Crippen LogP) is 5.29. The molecule has 140 valence electrons. The highest BCUT2D eigenvalue weighted by molar-refractivity contribution is 6.06. The summed E-state index contributed by atoms with van der Waals surface area (Å²) in [6.07, 6.45) is 0. The summed E-state index contributed by atoms with van der Waals surface area (Å²) in [5.74, 6) is 0.181. The van der Waals surface area contributed by atoms with Gasteiger partial charge in [-0.05, 0) is 33.9 Å². The van der Waals surface area contributed by atoms with Gasteiger partial charge in [0, 0.05) is 0 Å². The summed E-state index contributed by atoms with van der Waals surface area (Å²) < 4.78 is 11.6. The molecule has 0 atom stereocenters. The molecule has 1 N–H and O–H groups in total. The molecule has 0 aliphatic heterocycles. The van der Waals surface area contributed by atoms with Gasteiger partial charge in [0.1, 0.15) is 30.3 Å². The first kappa shape index (κ1) is 18.8. The van der Waals surface area contributed by atoms with Crippen molar-refractivity contribution in [3.05, 3.63) is 71.8 Å². The van der Waals surface area contributed by atoms with Crippen molar-refractivity contribution in [2.24, 2.45) is 0 Å². The molecule has 0 aromatic heterocycles. The van der Waals surface area contributed by atoms with E-state index in [2.05, 4.69) is 26.8 Å². The average molecular weight is 364 g/mol. The van der Waals surface area contributed by atoms with E-state index >= 15 is 0 Å². The van der Waals surface area contributed by atoms with E-state index in [0.29, 0.717) is 17.7 Å². The van der Waals surface area contributed by atoms with Gasteiger partial charge in [-0.3, -0.25) is 0 Å². The van der Waals surface area contributed by atoms with Crippen LogP contribution in [0, 0.1) is 0 Å². The first-order valence-corrected chi connectivity index (χ1v) is 8.98. The van der Waals surface area contributed by atoms with Crippen LogP contribution in [0.4, 0.5) is 0 Å². The lowest BCUT2D eigenvalue weighted by atomic mass is 9.86. The second-order valence-electron chi connectivity index (χ2n) is 7.41. The number of hydrogen-bond acceptors (Lipinski definition) is 3. The summed E-state index contributed by atoms with van der Waals surface area (Å²) in [5, 5.41) is 11.2. The highest BCUT2D eigenvalue weighted by Gasteiger charge is 2.19. The van der Waals surface area contributed by atoms with Gasteiger partial charge in [-0.2, -0.15) is 0 Å². The number of hydrogen-bond donors (Lipinski definition) is 1. The summed E-state index contributed by atoms with van der Waals surface area (Å²) in [6, 6.07) is 18.9. The average Bonchev–Trinajstić information content (AvgIpc) is 2.64. The van der Waals surface area contributed by atoms with Gasteiger partial charge in [-0.1, -0.05) is 69.3 Å². The fraction of sp³-hybridized carbons (Fsp3) is 0.261. The Hall–Kier alpha value is -3.01. The molecule has 0 amide bonds. The van der Waals surface area contributed by atoms with Gasteiger partial charge >= 0.3 is 5.97 Å². The minimum atomic E-state index is -0.999. The molecule has 0 heterocycles. The molecule has 4 nitrogen and oxygen atoms in total. The highest BCUT2D eigenvalue weighted by Crippen LogP contribution is 2.31. The van der Waals surface area contributed by atoms with E-state index in [4.69, 9.17) is 9.47 Å². The van der Waals surface area contributed by atoms with Gasteiger partial charge in [0.05, 0.1) is 0 Å². The van der Waals surface area contributed by atoms with Crippen LogP contribution in [0.15, 0.2) is 60.7 Å². The zero-order valence-corrected chi connectivity index (χ0v) is 15.9. The minimum absolute atomic E-state index is 0.0216. The van der Waals surface area contributed by atoms with Crippen molar-refractivity contribution < 1.29 is 19.4 Å². The van der Waals surface area contributed by atoms with Crippen LogP contribution in [0.3, 0.4) is 0 Å². The Morgan fingerprint density at radius 1 is 0.852 bits per heavy atom. The van der Waals surface area contributed by atoms with E-state index in [-0.39, 0.29) is 17.6 Å². The van der Waals surface area contributed by atoms with E-state index < -0.39 is 5.97 Å². The number of rotatable bonds is 6. The van der Waals surface area contributed by atoms with Crippen LogP contribution >= 0.6 is 0 Å². The number of carboxylic acids is 1. The molecule has 0 bridgehead atoms. The number of fused-ring (bicyclic) bond motifs is 1. The fourth-order valence-corrected chi connectivity index (χ4v) is 3.11.